The Morgan fingerprint density at radius 2 is 1.83 bits per heavy atom. The number of hydrogen-bond acceptors (Lipinski definition) is 4. The van der Waals surface area contributed by atoms with Gasteiger partial charge >= 0.3 is 0 Å². The maximum Gasteiger partial charge on any atom is 0.132 e. The minimum absolute atomic E-state index is 0.806. The predicted molar refractivity (Wildman–Crippen MR) is 72.7 cm³/mol. The van der Waals surface area contributed by atoms with Crippen LogP contribution in [0.1, 0.15) is 29.6 Å². The zero-order chi connectivity index (χ0) is 13.0. The zero-order valence-electron chi connectivity index (χ0n) is 11.1. The molecule has 0 aromatic carbocycles. The van der Waals surface area contributed by atoms with Gasteiger partial charge in [0.25, 0.3) is 0 Å². The molecule has 2 aromatic heterocycles. The fourth-order valence-electron chi connectivity index (χ4n) is 1.89. The normalized spacial score (nSPS) is 10.4. The number of aryl methyl sites for hydroxylation is 1. The summed E-state index contributed by atoms with van der Waals surface area (Å²) >= 11 is 0. The molecule has 2 heterocycles. The Labute approximate surface area is 108 Å². The number of hydrogen-bond donors (Lipinski definition) is 1. The van der Waals surface area contributed by atoms with E-state index in [4.69, 9.17) is 0 Å². The molecule has 0 amide bonds. The van der Waals surface area contributed by atoms with Gasteiger partial charge in [-0.3, -0.25) is 4.98 Å². The number of nitrogens with one attached hydrogen (secondary N) is 1. The zero-order valence-corrected chi connectivity index (χ0v) is 11.1. The lowest BCUT2D eigenvalue weighted by Gasteiger charge is -2.12. The Balaban J connectivity index is 2.33. The summed E-state index contributed by atoms with van der Waals surface area (Å²) < 4.78 is 0. The second-order valence-corrected chi connectivity index (χ2v) is 4.25. The molecule has 0 radical (unpaired) electrons. The van der Waals surface area contributed by atoms with Crippen LogP contribution in [0.15, 0.2) is 24.5 Å². The van der Waals surface area contributed by atoms with E-state index in [0.29, 0.717) is 0 Å². The highest BCUT2D eigenvalue weighted by Gasteiger charge is 2.09. The van der Waals surface area contributed by atoms with Gasteiger partial charge in [0.05, 0.1) is 5.69 Å². The first-order valence-electron chi connectivity index (χ1n) is 6.17. The van der Waals surface area contributed by atoms with Crippen LogP contribution in [-0.2, 0) is 6.42 Å². The molecule has 0 atom stereocenters. The van der Waals surface area contributed by atoms with E-state index in [2.05, 4.69) is 34.1 Å². The highest BCUT2D eigenvalue weighted by molar-refractivity contribution is 5.46. The summed E-state index contributed by atoms with van der Waals surface area (Å²) in [5, 5.41) is 3.28. The molecular weight excluding hydrogens is 224 g/mol. The van der Waals surface area contributed by atoms with E-state index < -0.39 is 0 Å². The van der Waals surface area contributed by atoms with E-state index >= 15 is 0 Å². The molecule has 2 aromatic rings. The number of nitrogens with zero attached hydrogens (tertiary/aromatic N) is 3. The summed E-state index contributed by atoms with van der Waals surface area (Å²) in [5.41, 5.74) is 3.41. The molecule has 2 rings (SSSR count). The van der Waals surface area contributed by atoms with Crippen LogP contribution in [0, 0.1) is 13.8 Å². The van der Waals surface area contributed by atoms with Crippen LogP contribution in [0.3, 0.4) is 0 Å². The summed E-state index contributed by atoms with van der Waals surface area (Å²) in [6.07, 6.45) is 4.43. The fourth-order valence-corrected chi connectivity index (χ4v) is 1.89. The van der Waals surface area contributed by atoms with Gasteiger partial charge in [0, 0.05) is 30.9 Å². The van der Waals surface area contributed by atoms with Crippen LogP contribution in [0.2, 0.25) is 0 Å². The Morgan fingerprint density at radius 3 is 2.50 bits per heavy atom. The molecule has 0 aliphatic carbocycles. The smallest absolute Gasteiger partial charge is 0.132 e. The van der Waals surface area contributed by atoms with Gasteiger partial charge in [0.15, 0.2) is 0 Å². The molecule has 0 aliphatic heterocycles. The monoisotopic (exact) mass is 242 g/mol. The van der Waals surface area contributed by atoms with E-state index in [-0.39, 0.29) is 0 Å². The molecule has 4 heteroatoms. The molecular formula is C14H18N4. The van der Waals surface area contributed by atoms with Gasteiger partial charge in [-0.05, 0) is 38.5 Å². The third-order valence-electron chi connectivity index (χ3n) is 2.82. The molecule has 0 bridgehead atoms. The SMILES string of the molecule is CCNc1nc(C)nc(Cc2ccncc2)c1C. The molecule has 1 N–H and O–H groups in total. The van der Waals surface area contributed by atoms with E-state index in [0.717, 1.165) is 35.9 Å². The minimum Gasteiger partial charge on any atom is -0.370 e. The first-order valence-corrected chi connectivity index (χ1v) is 6.17. The van der Waals surface area contributed by atoms with Crippen molar-refractivity contribution in [3.63, 3.8) is 0 Å². The lowest BCUT2D eigenvalue weighted by Crippen LogP contribution is -2.08. The molecule has 18 heavy (non-hydrogen) atoms. The largest absolute Gasteiger partial charge is 0.370 e. The van der Waals surface area contributed by atoms with Crippen molar-refractivity contribution < 1.29 is 0 Å². The summed E-state index contributed by atoms with van der Waals surface area (Å²) in [7, 11) is 0. The number of rotatable bonds is 4. The van der Waals surface area contributed by atoms with Crippen LogP contribution in [0.25, 0.3) is 0 Å². The van der Waals surface area contributed by atoms with Crippen LogP contribution >= 0.6 is 0 Å². The second kappa shape index (κ2) is 5.58. The highest BCUT2D eigenvalue weighted by Crippen LogP contribution is 2.18. The molecule has 0 saturated carbocycles. The second-order valence-electron chi connectivity index (χ2n) is 4.25. The molecule has 0 unspecified atom stereocenters. The topological polar surface area (TPSA) is 50.7 Å². The summed E-state index contributed by atoms with van der Waals surface area (Å²) in [6.45, 7) is 6.93. The van der Waals surface area contributed by atoms with Gasteiger partial charge in [-0.2, -0.15) is 0 Å². The van der Waals surface area contributed by atoms with E-state index in [1.807, 2.05) is 31.5 Å². The molecule has 0 aliphatic rings. The average molecular weight is 242 g/mol. The highest BCUT2D eigenvalue weighted by atomic mass is 15.0. The summed E-state index contributed by atoms with van der Waals surface area (Å²) in [6, 6.07) is 4.04. The molecule has 0 spiro atoms. The van der Waals surface area contributed by atoms with Gasteiger partial charge in [-0.25, -0.2) is 9.97 Å². The minimum atomic E-state index is 0.806. The predicted octanol–water partition coefficient (Wildman–Crippen LogP) is 2.51. The Kier molecular flexibility index (Phi) is 3.87. The Hall–Kier alpha value is -1.97. The van der Waals surface area contributed by atoms with Crippen LogP contribution in [-0.4, -0.2) is 21.5 Å². The van der Waals surface area contributed by atoms with Crippen molar-refractivity contribution >= 4 is 5.82 Å². The molecule has 0 saturated heterocycles. The van der Waals surface area contributed by atoms with Crippen molar-refractivity contribution in [3.8, 4) is 0 Å². The van der Waals surface area contributed by atoms with Gasteiger partial charge in [-0.15, -0.1) is 0 Å². The number of aromatic nitrogens is 3. The molecule has 94 valence electrons. The van der Waals surface area contributed by atoms with Crippen molar-refractivity contribution in [1.29, 1.82) is 0 Å². The van der Waals surface area contributed by atoms with Gasteiger partial charge in [0.1, 0.15) is 11.6 Å². The Morgan fingerprint density at radius 1 is 1.11 bits per heavy atom. The van der Waals surface area contributed by atoms with Crippen molar-refractivity contribution in [3.05, 3.63) is 47.2 Å². The quantitative estimate of drug-likeness (QED) is 0.895. The molecule has 0 fully saturated rings. The lowest BCUT2D eigenvalue weighted by molar-refractivity contribution is 0.937. The number of pyridine rings is 1. The van der Waals surface area contributed by atoms with Crippen molar-refractivity contribution in [2.24, 2.45) is 0 Å². The first-order chi connectivity index (χ1) is 8.70. The van der Waals surface area contributed by atoms with Crippen molar-refractivity contribution in [2.75, 3.05) is 11.9 Å². The average Bonchev–Trinajstić information content (AvgIpc) is 2.36. The van der Waals surface area contributed by atoms with Crippen molar-refractivity contribution in [1.82, 2.24) is 15.0 Å². The summed E-state index contributed by atoms with van der Waals surface area (Å²) in [5.74, 6) is 1.75. The maximum absolute atomic E-state index is 4.54. The third kappa shape index (κ3) is 2.83. The van der Waals surface area contributed by atoms with E-state index in [1.165, 1.54) is 5.56 Å². The van der Waals surface area contributed by atoms with Crippen LogP contribution in [0.4, 0.5) is 5.82 Å². The van der Waals surface area contributed by atoms with E-state index in [9.17, 15) is 0 Å². The molecule has 4 nitrogen and oxygen atoms in total. The van der Waals surface area contributed by atoms with Gasteiger partial charge < -0.3 is 5.32 Å². The van der Waals surface area contributed by atoms with Crippen molar-refractivity contribution in [2.45, 2.75) is 27.2 Å². The van der Waals surface area contributed by atoms with Gasteiger partial charge in [-0.1, -0.05) is 0 Å². The van der Waals surface area contributed by atoms with Crippen LogP contribution < -0.4 is 5.32 Å². The Bertz CT molecular complexity index is 523. The standard InChI is InChI=1S/C14H18N4/c1-4-16-14-10(2)13(17-11(3)18-14)9-12-5-7-15-8-6-12/h5-8H,4,9H2,1-3H3,(H,16,17,18). The first kappa shape index (κ1) is 12.5. The number of anilines is 1. The maximum atomic E-state index is 4.54. The lowest BCUT2D eigenvalue weighted by atomic mass is 10.1. The summed E-state index contributed by atoms with van der Waals surface area (Å²) in [4.78, 5) is 13.0. The third-order valence-corrected chi connectivity index (χ3v) is 2.82. The van der Waals surface area contributed by atoms with E-state index in [1.54, 1.807) is 0 Å². The van der Waals surface area contributed by atoms with Crippen LogP contribution in [0.5, 0.6) is 0 Å². The fraction of sp³-hybridized carbons (Fsp3) is 0.357. The van der Waals surface area contributed by atoms with Gasteiger partial charge in [0.2, 0.25) is 0 Å².